The Morgan fingerprint density at radius 2 is 1.93 bits per heavy atom. The lowest BCUT2D eigenvalue weighted by molar-refractivity contribution is -0.136. The van der Waals surface area contributed by atoms with Gasteiger partial charge in [-0.1, -0.05) is 0 Å². The van der Waals surface area contributed by atoms with E-state index in [1.54, 1.807) is 0 Å². The van der Waals surface area contributed by atoms with Gasteiger partial charge in [0.1, 0.15) is 11.6 Å². The van der Waals surface area contributed by atoms with Gasteiger partial charge in [-0.15, -0.1) is 0 Å². The second kappa shape index (κ2) is 7.08. The van der Waals surface area contributed by atoms with Gasteiger partial charge in [-0.25, -0.2) is 17.5 Å². The summed E-state index contributed by atoms with van der Waals surface area (Å²) >= 11 is 0. The Kier molecular flexibility index (Phi) is 4.98. The SMILES string of the molecule is C[C@H](O)CNC(=O)C(=O)Nc1c2c(nn1-c1ccc(F)cc1)CS(=O)(=O)C2. The van der Waals surface area contributed by atoms with Crippen molar-refractivity contribution in [2.45, 2.75) is 24.5 Å². The number of aromatic nitrogens is 2. The molecule has 0 saturated carbocycles. The van der Waals surface area contributed by atoms with Crippen molar-refractivity contribution in [1.82, 2.24) is 15.1 Å². The first-order chi connectivity index (χ1) is 12.7. The second-order valence-corrected chi connectivity index (χ2v) is 8.27. The Labute approximate surface area is 154 Å². The van der Waals surface area contributed by atoms with Gasteiger partial charge in [-0.05, 0) is 31.2 Å². The number of aliphatic hydroxyl groups excluding tert-OH is 1. The number of sulfone groups is 1. The lowest BCUT2D eigenvalue weighted by atomic mass is 10.2. The van der Waals surface area contributed by atoms with E-state index >= 15 is 0 Å². The van der Waals surface area contributed by atoms with Crippen LogP contribution in [-0.4, -0.2) is 47.8 Å². The van der Waals surface area contributed by atoms with Crippen LogP contribution in [0.2, 0.25) is 0 Å². The minimum atomic E-state index is -3.39. The van der Waals surface area contributed by atoms with Crippen LogP contribution in [0, 0.1) is 5.82 Å². The lowest BCUT2D eigenvalue weighted by Crippen LogP contribution is -2.39. The zero-order valence-corrected chi connectivity index (χ0v) is 15.1. The molecule has 2 aromatic rings. The van der Waals surface area contributed by atoms with Crippen LogP contribution in [0.4, 0.5) is 10.2 Å². The summed E-state index contributed by atoms with van der Waals surface area (Å²) < 4.78 is 38.2. The Morgan fingerprint density at radius 3 is 2.56 bits per heavy atom. The molecular weight excluding hydrogens is 379 g/mol. The number of benzene rings is 1. The van der Waals surface area contributed by atoms with Gasteiger partial charge in [0.2, 0.25) is 0 Å². The molecule has 1 aromatic carbocycles. The molecule has 0 spiro atoms. The van der Waals surface area contributed by atoms with Gasteiger partial charge in [0.05, 0.1) is 29.0 Å². The molecule has 0 bridgehead atoms. The number of aliphatic hydroxyl groups is 1. The highest BCUT2D eigenvalue weighted by molar-refractivity contribution is 7.90. The predicted octanol–water partition coefficient (Wildman–Crippen LogP) is -0.125. The van der Waals surface area contributed by atoms with Crippen LogP contribution in [0.15, 0.2) is 24.3 Å². The highest BCUT2D eigenvalue weighted by Gasteiger charge is 2.33. The van der Waals surface area contributed by atoms with Gasteiger partial charge < -0.3 is 15.7 Å². The van der Waals surface area contributed by atoms with E-state index in [0.717, 1.165) is 0 Å². The van der Waals surface area contributed by atoms with Gasteiger partial charge in [-0.2, -0.15) is 5.10 Å². The molecule has 1 atom stereocenters. The number of carbonyl (C=O) groups is 2. The molecule has 11 heteroatoms. The van der Waals surface area contributed by atoms with E-state index in [-0.39, 0.29) is 35.1 Å². The highest BCUT2D eigenvalue weighted by atomic mass is 32.2. The number of rotatable bonds is 4. The van der Waals surface area contributed by atoms with Crippen molar-refractivity contribution in [3.05, 3.63) is 41.3 Å². The summed E-state index contributed by atoms with van der Waals surface area (Å²) in [5.74, 6) is -3.07. The number of hydrogen-bond donors (Lipinski definition) is 3. The number of hydrogen-bond acceptors (Lipinski definition) is 6. The Bertz CT molecular complexity index is 999. The molecule has 1 aliphatic rings. The van der Waals surface area contributed by atoms with Crippen molar-refractivity contribution in [2.75, 3.05) is 11.9 Å². The summed E-state index contributed by atoms with van der Waals surface area (Å²) in [6.45, 7) is 1.33. The van der Waals surface area contributed by atoms with Crippen LogP contribution in [0.3, 0.4) is 0 Å². The molecule has 0 radical (unpaired) electrons. The van der Waals surface area contributed by atoms with Crippen molar-refractivity contribution < 1.29 is 27.5 Å². The summed E-state index contributed by atoms with van der Waals surface area (Å²) in [4.78, 5) is 24.0. The number of halogens is 1. The van der Waals surface area contributed by atoms with Crippen LogP contribution in [0.5, 0.6) is 0 Å². The Morgan fingerprint density at radius 1 is 1.26 bits per heavy atom. The van der Waals surface area contributed by atoms with Crippen molar-refractivity contribution in [3.8, 4) is 5.69 Å². The molecule has 0 unspecified atom stereocenters. The molecular formula is C16H17FN4O5S. The summed E-state index contributed by atoms with van der Waals surface area (Å²) in [5, 5.41) is 18.0. The van der Waals surface area contributed by atoms with Crippen LogP contribution < -0.4 is 10.6 Å². The molecule has 27 heavy (non-hydrogen) atoms. The molecule has 0 fully saturated rings. The van der Waals surface area contributed by atoms with Crippen molar-refractivity contribution in [1.29, 1.82) is 0 Å². The average molecular weight is 396 g/mol. The van der Waals surface area contributed by atoms with Gasteiger partial charge in [0.25, 0.3) is 0 Å². The first-order valence-corrected chi connectivity index (χ1v) is 9.83. The fraction of sp³-hybridized carbons (Fsp3) is 0.312. The predicted molar refractivity (Wildman–Crippen MR) is 93.2 cm³/mol. The molecule has 1 aliphatic heterocycles. The molecule has 0 aliphatic carbocycles. The average Bonchev–Trinajstić information content (AvgIpc) is 3.06. The van der Waals surface area contributed by atoms with E-state index in [9.17, 15) is 27.5 Å². The first-order valence-electron chi connectivity index (χ1n) is 8.00. The Balaban J connectivity index is 1.94. The van der Waals surface area contributed by atoms with Crippen LogP contribution in [0.1, 0.15) is 18.2 Å². The van der Waals surface area contributed by atoms with Gasteiger partial charge in [0.15, 0.2) is 9.84 Å². The van der Waals surface area contributed by atoms with E-state index in [1.807, 2.05) is 0 Å². The van der Waals surface area contributed by atoms with E-state index in [1.165, 1.54) is 35.9 Å². The maximum Gasteiger partial charge on any atom is 0.314 e. The second-order valence-electron chi connectivity index (χ2n) is 6.21. The van der Waals surface area contributed by atoms with Gasteiger partial charge in [0, 0.05) is 12.1 Å². The summed E-state index contributed by atoms with van der Waals surface area (Å²) in [5.41, 5.74) is 0.943. The molecule has 9 nitrogen and oxygen atoms in total. The number of fused-ring (bicyclic) bond motifs is 1. The van der Waals surface area contributed by atoms with Crippen LogP contribution in [0.25, 0.3) is 5.69 Å². The van der Waals surface area contributed by atoms with Gasteiger partial charge in [-0.3, -0.25) is 9.59 Å². The number of amides is 2. The smallest absolute Gasteiger partial charge is 0.314 e. The number of anilines is 1. The van der Waals surface area contributed by atoms with Gasteiger partial charge >= 0.3 is 11.8 Å². The van der Waals surface area contributed by atoms with E-state index in [0.29, 0.717) is 5.69 Å². The third-order valence-electron chi connectivity index (χ3n) is 3.85. The number of carbonyl (C=O) groups excluding carboxylic acids is 2. The largest absolute Gasteiger partial charge is 0.392 e. The number of nitrogens with one attached hydrogen (secondary N) is 2. The van der Waals surface area contributed by atoms with E-state index in [2.05, 4.69) is 15.7 Å². The van der Waals surface area contributed by atoms with Crippen LogP contribution in [-0.2, 0) is 30.9 Å². The minimum absolute atomic E-state index is 0.0369. The maximum absolute atomic E-state index is 13.2. The summed E-state index contributed by atoms with van der Waals surface area (Å²) in [6, 6.07) is 5.21. The third kappa shape index (κ3) is 4.14. The zero-order valence-electron chi connectivity index (χ0n) is 14.3. The van der Waals surface area contributed by atoms with E-state index < -0.39 is 33.6 Å². The third-order valence-corrected chi connectivity index (χ3v) is 5.30. The fourth-order valence-corrected chi connectivity index (χ4v) is 4.12. The maximum atomic E-state index is 13.2. The first kappa shape index (κ1) is 19.0. The van der Waals surface area contributed by atoms with Crippen molar-refractivity contribution >= 4 is 27.5 Å². The normalized spacial score (nSPS) is 15.8. The summed E-state index contributed by atoms with van der Waals surface area (Å²) in [7, 11) is -3.39. The van der Waals surface area contributed by atoms with Crippen molar-refractivity contribution in [3.63, 3.8) is 0 Å². The summed E-state index contributed by atoms with van der Waals surface area (Å²) in [6.07, 6.45) is -0.833. The van der Waals surface area contributed by atoms with E-state index in [4.69, 9.17) is 0 Å². The Hall–Kier alpha value is -2.79. The quantitative estimate of drug-likeness (QED) is 0.618. The molecule has 2 heterocycles. The van der Waals surface area contributed by atoms with Crippen molar-refractivity contribution in [2.24, 2.45) is 0 Å². The standard InChI is InChI=1S/C16H17FN4O5S/c1-9(22)6-18-15(23)16(24)19-14-12-7-27(25,26)8-13(12)20-21(14)11-4-2-10(17)3-5-11/h2-5,9,22H,6-8H2,1H3,(H,18,23)(H,19,24)/t9-/m0/s1. The monoisotopic (exact) mass is 396 g/mol. The zero-order chi connectivity index (χ0) is 19.8. The minimum Gasteiger partial charge on any atom is -0.392 e. The molecule has 3 N–H and O–H groups in total. The molecule has 0 saturated heterocycles. The fourth-order valence-electron chi connectivity index (χ4n) is 2.62. The molecule has 2 amide bonds. The number of nitrogens with zero attached hydrogens (tertiary/aromatic N) is 2. The topological polar surface area (TPSA) is 130 Å². The highest BCUT2D eigenvalue weighted by Crippen LogP contribution is 2.32. The van der Waals surface area contributed by atoms with Crippen LogP contribution >= 0.6 is 0 Å². The molecule has 144 valence electrons. The molecule has 1 aromatic heterocycles. The molecule has 3 rings (SSSR count). The lowest BCUT2D eigenvalue weighted by Gasteiger charge is -2.11.